The van der Waals surface area contributed by atoms with E-state index in [-0.39, 0.29) is 22.4 Å². The Balaban J connectivity index is 1.79. The van der Waals surface area contributed by atoms with E-state index in [1.54, 1.807) is 13.0 Å². The lowest BCUT2D eigenvalue weighted by Crippen LogP contribution is -2.26. The van der Waals surface area contributed by atoms with Crippen molar-refractivity contribution in [2.24, 2.45) is 5.73 Å². The molecule has 0 fully saturated rings. The SMILES string of the molecule is Cc1ccoc1C(=O)NCCCNc1nnc(Cl)cc1C(N)=O. The molecule has 0 aliphatic heterocycles. The van der Waals surface area contributed by atoms with E-state index in [2.05, 4.69) is 20.8 Å². The molecule has 0 aliphatic carbocycles. The first kappa shape index (κ1) is 16.8. The summed E-state index contributed by atoms with van der Waals surface area (Å²) in [6.45, 7) is 2.69. The number of hydrogen-bond acceptors (Lipinski definition) is 6. The predicted octanol–water partition coefficient (Wildman–Crippen LogP) is 1.36. The van der Waals surface area contributed by atoms with E-state index < -0.39 is 5.91 Å². The highest BCUT2D eigenvalue weighted by molar-refractivity contribution is 6.29. The van der Waals surface area contributed by atoms with Gasteiger partial charge in [-0.2, -0.15) is 0 Å². The van der Waals surface area contributed by atoms with Crippen LogP contribution in [0.2, 0.25) is 5.15 Å². The molecule has 0 saturated heterocycles. The van der Waals surface area contributed by atoms with E-state index in [1.165, 1.54) is 12.3 Å². The Labute approximate surface area is 137 Å². The van der Waals surface area contributed by atoms with Crippen LogP contribution < -0.4 is 16.4 Å². The van der Waals surface area contributed by atoms with Gasteiger partial charge in [0.1, 0.15) is 0 Å². The van der Waals surface area contributed by atoms with Crippen LogP contribution in [-0.4, -0.2) is 35.1 Å². The number of nitrogens with zero attached hydrogens (tertiary/aromatic N) is 2. The molecule has 0 bridgehead atoms. The van der Waals surface area contributed by atoms with Crippen molar-refractivity contribution in [3.63, 3.8) is 0 Å². The van der Waals surface area contributed by atoms with Crippen LogP contribution in [-0.2, 0) is 0 Å². The fourth-order valence-corrected chi connectivity index (χ4v) is 2.02. The van der Waals surface area contributed by atoms with Crippen molar-refractivity contribution in [3.05, 3.63) is 40.4 Å². The summed E-state index contributed by atoms with van der Waals surface area (Å²) in [5, 5.41) is 13.2. The molecular weight excluding hydrogens is 322 g/mol. The van der Waals surface area contributed by atoms with Crippen LogP contribution in [0.3, 0.4) is 0 Å². The zero-order valence-corrected chi connectivity index (χ0v) is 13.2. The number of halogens is 1. The number of amides is 2. The van der Waals surface area contributed by atoms with Crippen molar-refractivity contribution in [1.29, 1.82) is 0 Å². The quantitative estimate of drug-likeness (QED) is 0.655. The Bertz CT molecular complexity index is 716. The van der Waals surface area contributed by atoms with Gasteiger partial charge in [0, 0.05) is 18.7 Å². The second-order valence-corrected chi connectivity index (χ2v) is 5.15. The Morgan fingerprint density at radius 1 is 1.35 bits per heavy atom. The van der Waals surface area contributed by atoms with Crippen LogP contribution in [0.5, 0.6) is 0 Å². The number of nitrogens with two attached hydrogens (primary N) is 1. The van der Waals surface area contributed by atoms with Gasteiger partial charge in [0.05, 0.1) is 11.8 Å². The molecule has 0 atom stereocenters. The van der Waals surface area contributed by atoms with Gasteiger partial charge in [0.2, 0.25) is 0 Å². The van der Waals surface area contributed by atoms with Crippen LogP contribution in [0.1, 0.15) is 32.9 Å². The number of aromatic nitrogens is 2. The maximum atomic E-state index is 11.8. The fourth-order valence-electron chi connectivity index (χ4n) is 1.87. The van der Waals surface area contributed by atoms with Gasteiger partial charge in [0.25, 0.3) is 11.8 Å². The van der Waals surface area contributed by atoms with Gasteiger partial charge >= 0.3 is 0 Å². The summed E-state index contributed by atoms with van der Waals surface area (Å²) < 4.78 is 5.10. The lowest BCUT2D eigenvalue weighted by molar-refractivity contribution is 0.0924. The molecule has 4 N–H and O–H groups in total. The maximum Gasteiger partial charge on any atom is 0.287 e. The summed E-state index contributed by atoms with van der Waals surface area (Å²) in [6.07, 6.45) is 2.07. The van der Waals surface area contributed by atoms with Crippen molar-refractivity contribution in [1.82, 2.24) is 15.5 Å². The van der Waals surface area contributed by atoms with E-state index in [1.807, 2.05) is 0 Å². The normalized spacial score (nSPS) is 10.3. The Kier molecular flexibility index (Phi) is 5.53. The first-order valence-corrected chi connectivity index (χ1v) is 7.26. The Morgan fingerprint density at radius 2 is 2.13 bits per heavy atom. The summed E-state index contributed by atoms with van der Waals surface area (Å²) in [6, 6.07) is 3.07. The first-order chi connectivity index (χ1) is 11.0. The van der Waals surface area contributed by atoms with Gasteiger partial charge in [-0.3, -0.25) is 9.59 Å². The van der Waals surface area contributed by atoms with Gasteiger partial charge in [-0.15, -0.1) is 10.2 Å². The Morgan fingerprint density at radius 3 is 2.78 bits per heavy atom. The zero-order valence-electron chi connectivity index (χ0n) is 12.4. The smallest absolute Gasteiger partial charge is 0.287 e. The average molecular weight is 338 g/mol. The minimum absolute atomic E-state index is 0.0884. The number of aryl methyl sites for hydroxylation is 1. The fraction of sp³-hybridized carbons (Fsp3) is 0.286. The van der Waals surface area contributed by atoms with Crippen molar-refractivity contribution in [2.75, 3.05) is 18.4 Å². The maximum absolute atomic E-state index is 11.8. The van der Waals surface area contributed by atoms with Crippen molar-refractivity contribution >= 4 is 29.2 Å². The molecule has 122 valence electrons. The second-order valence-electron chi connectivity index (χ2n) is 4.76. The average Bonchev–Trinajstić information content (AvgIpc) is 2.94. The first-order valence-electron chi connectivity index (χ1n) is 6.88. The molecule has 2 amide bonds. The summed E-state index contributed by atoms with van der Waals surface area (Å²) in [5.41, 5.74) is 6.20. The number of hydrogen-bond donors (Lipinski definition) is 3. The molecule has 2 rings (SSSR count). The van der Waals surface area contributed by atoms with E-state index in [4.69, 9.17) is 21.8 Å². The molecule has 0 unspecified atom stereocenters. The van der Waals surface area contributed by atoms with Gasteiger partial charge in [-0.1, -0.05) is 11.6 Å². The van der Waals surface area contributed by atoms with E-state index in [9.17, 15) is 9.59 Å². The van der Waals surface area contributed by atoms with Crippen molar-refractivity contribution in [2.45, 2.75) is 13.3 Å². The molecule has 23 heavy (non-hydrogen) atoms. The standard InChI is InChI=1S/C14H16ClN5O3/c1-8-3-6-23-11(8)14(22)18-5-2-4-17-13-9(12(16)21)7-10(15)19-20-13/h3,6-7H,2,4-5H2,1H3,(H2,16,21)(H,17,20)(H,18,22). The second kappa shape index (κ2) is 7.59. The third-order valence-corrected chi connectivity index (χ3v) is 3.21. The summed E-state index contributed by atoms with van der Waals surface area (Å²) in [4.78, 5) is 23.1. The number of primary amides is 1. The lowest BCUT2D eigenvalue weighted by Gasteiger charge is -2.08. The van der Waals surface area contributed by atoms with Crippen LogP contribution in [0, 0.1) is 6.92 Å². The van der Waals surface area contributed by atoms with Crippen LogP contribution in [0.4, 0.5) is 5.82 Å². The third-order valence-electron chi connectivity index (χ3n) is 3.03. The molecule has 0 saturated carbocycles. The minimum atomic E-state index is -0.647. The van der Waals surface area contributed by atoms with E-state index >= 15 is 0 Å². The van der Waals surface area contributed by atoms with Gasteiger partial charge in [-0.05, 0) is 25.5 Å². The van der Waals surface area contributed by atoms with Gasteiger partial charge in [-0.25, -0.2) is 0 Å². The van der Waals surface area contributed by atoms with Crippen molar-refractivity contribution < 1.29 is 14.0 Å². The highest BCUT2D eigenvalue weighted by atomic mass is 35.5. The minimum Gasteiger partial charge on any atom is -0.459 e. The topological polar surface area (TPSA) is 123 Å². The molecule has 8 nitrogen and oxygen atoms in total. The molecule has 9 heteroatoms. The summed E-state index contributed by atoms with van der Waals surface area (Å²) >= 11 is 5.68. The van der Waals surface area contributed by atoms with E-state index in [0.717, 1.165) is 5.56 Å². The zero-order chi connectivity index (χ0) is 16.8. The number of carbonyl (C=O) groups excluding carboxylic acids is 2. The molecule has 0 radical (unpaired) electrons. The molecule has 0 aromatic carbocycles. The number of furan rings is 1. The molecule has 2 heterocycles. The Hall–Kier alpha value is -2.61. The molecular formula is C14H16ClN5O3. The van der Waals surface area contributed by atoms with Gasteiger partial charge < -0.3 is 20.8 Å². The largest absolute Gasteiger partial charge is 0.459 e. The van der Waals surface area contributed by atoms with Crippen molar-refractivity contribution in [3.8, 4) is 0 Å². The monoisotopic (exact) mass is 337 g/mol. The summed E-state index contributed by atoms with van der Waals surface area (Å²) in [7, 11) is 0. The molecule has 2 aromatic heterocycles. The number of nitrogens with one attached hydrogen (secondary N) is 2. The molecule has 2 aromatic rings. The van der Waals surface area contributed by atoms with Crippen LogP contribution in [0.25, 0.3) is 0 Å². The van der Waals surface area contributed by atoms with Crippen LogP contribution >= 0.6 is 11.6 Å². The number of rotatable bonds is 7. The van der Waals surface area contributed by atoms with Gasteiger partial charge in [0.15, 0.2) is 16.7 Å². The van der Waals surface area contributed by atoms with Crippen LogP contribution in [0.15, 0.2) is 22.8 Å². The highest BCUT2D eigenvalue weighted by Gasteiger charge is 2.13. The lowest BCUT2D eigenvalue weighted by atomic mass is 10.2. The highest BCUT2D eigenvalue weighted by Crippen LogP contribution is 2.14. The van der Waals surface area contributed by atoms with E-state index in [0.29, 0.717) is 25.3 Å². The third kappa shape index (κ3) is 4.43. The number of anilines is 1. The predicted molar refractivity (Wildman–Crippen MR) is 84.4 cm³/mol. The molecule has 0 spiro atoms. The summed E-state index contributed by atoms with van der Waals surface area (Å²) in [5.74, 6) is -0.352. The number of carbonyl (C=O) groups is 2. The molecule has 0 aliphatic rings.